The first-order valence-electron chi connectivity index (χ1n) is 5.09. The van der Waals surface area contributed by atoms with Gasteiger partial charge in [0.2, 0.25) is 5.91 Å². The van der Waals surface area contributed by atoms with Crippen molar-refractivity contribution in [3.8, 4) is 0 Å². The van der Waals surface area contributed by atoms with Gasteiger partial charge in [-0.3, -0.25) is 4.79 Å². The van der Waals surface area contributed by atoms with Crippen LogP contribution in [0.1, 0.15) is 19.3 Å². The van der Waals surface area contributed by atoms with Crippen molar-refractivity contribution in [2.45, 2.75) is 19.3 Å². The minimum Gasteiger partial charge on any atom is -0.356 e. The van der Waals surface area contributed by atoms with Gasteiger partial charge in [0.15, 0.2) is 9.84 Å². The molecule has 1 N–H and O–H groups in total. The van der Waals surface area contributed by atoms with Crippen molar-refractivity contribution in [2.24, 2.45) is 5.92 Å². The number of unbranched alkanes of at least 4 members (excludes halogenated alkanes) is 1. The maximum atomic E-state index is 11.5. The van der Waals surface area contributed by atoms with Gasteiger partial charge in [0, 0.05) is 6.54 Å². The maximum absolute atomic E-state index is 11.5. The van der Waals surface area contributed by atoms with Gasteiger partial charge < -0.3 is 5.32 Å². The summed E-state index contributed by atoms with van der Waals surface area (Å²) in [6.45, 7) is 0.665. The number of amides is 1. The van der Waals surface area contributed by atoms with Crippen molar-refractivity contribution in [2.75, 3.05) is 22.5 Å². The number of alkyl halides is 1. The second-order valence-corrected chi connectivity index (χ2v) is 7.09. The van der Waals surface area contributed by atoms with Crippen molar-refractivity contribution < 1.29 is 13.2 Å². The number of carbonyl (C=O) groups excluding carboxylic acids is 1. The third-order valence-electron chi connectivity index (χ3n) is 2.46. The van der Waals surface area contributed by atoms with Gasteiger partial charge in [-0.05, 0) is 23.7 Å². The molecule has 0 bridgehead atoms. The summed E-state index contributed by atoms with van der Waals surface area (Å²) in [5.41, 5.74) is 0. The fourth-order valence-corrected chi connectivity index (χ4v) is 3.86. The molecule has 1 fully saturated rings. The molecule has 1 rings (SSSR count). The Morgan fingerprint density at radius 1 is 1.40 bits per heavy atom. The lowest BCUT2D eigenvalue weighted by Gasteiger charge is -2.08. The van der Waals surface area contributed by atoms with Crippen LogP contribution < -0.4 is 5.32 Å². The molecule has 1 unspecified atom stereocenters. The first-order valence-corrected chi connectivity index (χ1v) is 8.44. The van der Waals surface area contributed by atoms with Crippen molar-refractivity contribution in [3.63, 3.8) is 0 Å². The largest absolute Gasteiger partial charge is 0.356 e. The summed E-state index contributed by atoms with van der Waals surface area (Å²) >= 11 is 2.30. The SMILES string of the molecule is O=C(NCCCCI)C1CCS(=O)(=O)C1. The van der Waals surface area contributed by atoms with Crippen molar-refractivity contribution in [1.82, 2.24) is 5.32 Å². The molecule has 1 aliphatic heterocycles. The highest BCUT2D eigenvalue weighted by molar-refractivity contribution is 14.1. The Balaban J connectivity index is 2.24. The van der Waals surface area contributed by atoms with Crippen LogP contribution in [-0.4, -0.2) is 36.8 Å². The van der Waals surface area contributed by atoms with Crippen LogP contribution in [0.15, 0.2) is 0 Å². The standard InChI is InChI=1S/C9H16INO3S/c10-4-1-2-5-11-9(12)8-3-6-15(13,14)7-8/h8H,1-7H2,(H,11,12). The second-order valence-electron chi connectivity index (χ2n) is 3.79. The van der Waals surface area contributed by atoms with Crippen LogP contribution in [-0.2, 0) is 14.6 Å². The van der Waals surface area contributed by atoms with Gasteiger partial charge in [-0.15, -0.1) is 0 Å². The third-order valence-corrected chi connectivity index (χ3v) is 4.99. The topological polar surface area (TPSA) is 63.2 Å². The molecule has 0 aromatic rings. The lowest BCUT2D eigenvalue weighted by Crippen LogP contribution is -2.32. The summed E-state index contributed by atoms with van der Waals surface area (Å²) < 4.78 is 23.4. The molecule has 1 atom stereocenters. The number of halogens is 1. The lowest BCUT2D eigenvalue weighted by atomic mass is 10.1. The molecule has 1 saturated heterocycles. The van der Waals surface area contributed by atoms with Gasteiger partial charge in [0.1, 0.15) is 0 Å². The van der Waals surface area contributed by atoms with Crippen LogP contribution in [0.2, 0.25) is 0 Å². The predicted octanol–water partition coefficient (Wildman–Crippen LogP) is 0.752. The third kappa shape index (κ3) is 4.67. The Hall–Kier alpha value is 0.150. The van der Waals surface area contributed by atoms with E-state index in [0.29, 0.717) is 13.0 Å². The Kier molecular flexibility index (Phi) is 5.31. The molecule has 15 heavy (non-hydrogen) atoms. The number of hydrogen-bond donors (Lipinski definition) is 1. The Bertz CT molecular complexity index is 315. The van der Waals surface area contributed by atoms with Crippen LogP contribution in [0.5, 0.6) is 0 Å². The summed E-state index contributed by atoms with van der Waals surface area (Å²) in [6, 6.07) is 0. The molecule has 1 amide bonds. The van der Waals surface area contributed by atoms with E-state index < -0.39 is 9.84 Å². The zero-order chi connectivity index (χ0) is 11.3. The molecule has 0 saturated carbocycles. The average Bonchev–Trinajstić information content (AvgIpc) is 2.53. The van der Waals surface area contributed by atoms with E-state index in [0.717, 1.165) is 17.3 Å². The highest BCUT2D eigenvalue weighted by Crippen LogP contribution is 2.18. The molecule has 0 radical (unpaired) electrons. The van der Waals surface area contributed by atoms with Gasteiger partial charge >= 0.3 is 0 Å². The molecule has 6 heteroatoms. The zero-order valence-electron chi connectivity index (χ0n) is 8.54. The molecular weight excluding hydrogens is 329 g/mol. The Morgan fingerprint density at radius 2 is 2.13 bits per heavy atom. The summed E-state index contributed by atoms with van der Waals surface area (Å²) in [6.07, 6.45) is 2.54. The van der Waals surface area contributed by atoms with Gasteiger partial charge in [-0.1, -0.05) is 22.6 Å². The second kappa shape index (κ2) is 6.03. The van der Waals surface area contributed by atoms with E-state index in [-0.39, 0.29) is 23.3 Å². The lowest BCUT2D eigenvalue weighted by molar-refractivity contribution is -0.124. The van der Waals surface area contributed by atoms with Gasteiger partial charge in [-0.25, -0.2) is 8.42 Å². The highest BCUT2D eigenvalue weighted by atomic mass is 127. The van der Waals surface area contributed by atoms with Gasteiger partial charge in [0.05, 0.1) is 17.4 Å². The summed E-state index contributed by atoms with van der Waals surface area (Å²) in [7, 11) is -2.94. The van der Waals surface area contributed by atoms with E-state index >= 15 is 0 Å². The smallest absolute Gasteiger partial charge is 0.224 e. The highest BCUT2D eigenvalue weighted by Gasteiger charge is 2.32. The van der Waals surface area contributed by atoms with E-state index in [4.69, 9.17) is 0 Å². The molecule has 88 valence electrons. The van der Waals surface area contributed by atoms with Crippen molar-refractivity contribution in [3.05, 3.63) is 0 Å². The fourth-order valence-electron chi connectivity index (χ4n) is 1.58. The summed E-state index contributed by atoms with van der Waals surface area (Å²) in [5.74, 6) is -0.205. The number of carbonyl (C=O) groups is 1. The zero-order valence-corrected chi connectivity index (χ0v) is 11.5. The van der Waals surface area contributed by atoms with Gasteiger partial charge in [0.25, 0.3) is 0 Å². The summed E-state index contributed by atoms with van der Waals surface area (Å²) in [5, 5.41) is 2.79. The molecule has 1 heterocycles. The Labute approximate surface area is 104 Å². The molecule has 0 aliphatic carbocycles. The van der Waals surface area contributed by atoms with Crippen LogP contribution >= 0.6 is 22.6 Å². The average molecular weight is 345 g/mol. The first-order chi connectivity index (χ1) is 7.05. The van der Waals surface area contributed by atoms with E-state index in [1.165, 1.54) is 0 Å². The Morgan fingerprint density at radius 3 is 2.67 bits per heavy atom. The van der Waals surface area contributed by atoms with Crippen LogP contribution in [0.25, 0.3) is 0 Å². The van der Waals surface area contributed by atoms with E-state index in [2.05, 4.69) is 27.9 Å². The summed E-state index contributed by atoms with van der Waals surface area (Å²) in [4.78, 5) is 11.5. The fraction of sp³-hybridized carbons (Fsp3) is 0.889. The molecule has 1 aliphatic rings. The molecule has 0 aromatic carbocycles. The van der Waals surface area contributed by atoms with E-state index in [1.807, 2.05) is 0 Å². The quantitative estimate of drug-likeness (QED) is 0.454. The molecule has 0 spiro atoms. The molecule has 4 nitrogen and oxygen atoms in total. The molecule has 0 aromatic heterocycles. The maximum Gasteiger partial charge on any atom is 0.224 e. The minimum absolute atomic E-state index is 0.0329. The van der Waals surface area contributed by atoms with Crippen LogP contribution in [0.4, 0.5) is 0 Å². The van der Waals surface area contributed by atoms with Crippen LogP contribution in [0, 0.1) is 5.92 Å². The number of sulfone groups is 1. The van der Waals surface area contributed by atoms with E-state index in [9.17, 15) is 13.2 Å². The number of nitrogens with one attached hydrogen (secondary N) is 1. The van der Waals surface area contributed by atoms with Crippen molar-refractivity contribution >= 4 is 38.3 Å². The monoisotopic (exact) mass is 345 g/mol. The number of hydrogen-bond acceptors (Lipinski definition) is 3. The number of rotatable bonds is 5. The predicted molar refractivity (Wildman–Crippen MR) is 67.9 cm³/mol. The van der Waals surface area contributed by atoms with Gasteiger partial charge in [-0.2, -0.15) is 0 Å². The first kappa shape index (κ1) is 13.2. The van der Waals surface area contributed by atoms with Crippen molar-refractivity contribution in [1.29, 1.82) is 0 Å². The normalized spacial score (nSPS) is 23.9. The minimum atomic E-state index is -2.94. The molecular formula is C9H16INO3S. The van der Waals surface area contributed by atoms with Crippen LogP contribution in [0.3, 0.4) is 0 Å². The van der Waals surface area contributed by atoms with E-state index in [1.54, 1.807) is 0 Å².